The van der Waals surface area contributed by atoms with Crippen molar-refractivity contribution in [2.24, 2.45) is 0 Å². The van der Waals surface area contributed by atoms with Crippen molar-refractivity contribution in [3.63, 3.8) is 0 Å². The van der Waals surface area contributed by atoms with Gasteiger partial charge < -0.3 is 14.6 Å². The maximum absolute atomic E-state index is 12.4. The molecule has 1 aliphatic carbocycles. The van der Waals surface area contributed by atoms with E-state index in [1.165, 1.54) is 7.11 Å². The zero-order chi connectivity index (χ0) is 16.6. The van der Waals surface area contributed by atoms with Gasteiger partial charge in [-0.05, 0) is 24.1 Å². The van der Waals surface area contributed by atoms with E-state index in [9.17, 15) is 14.7 Å². The van der Waals surface area contributed by atoms with Crippen molar-refractivity contribution in [1.82, 2.24) is 0 Å². The van der Waals surface area contributed by atoms with Crippen LogP contribution in [0.1, 0.15) is 37.2 Å². The van der Waals surface area contributed by atoms with Gasteiger partial charge in [0.05, 0.1) is 7.11 Å². The number of carbonyl (C=O) groups is 2. The Morgan fingerprint density at radius 3 is 2.70 bits per heavy atom. The van der Waals surface area contributed by atoms with Crippen LogP contribution in [0.15, 0.2) is 40.1 Å². The molecule has 2 atom stereocenters. The van der Waals surface area contributed by atoms with Gasteiger partial charge in [0, 0.05) is 35.2 Å². The number of carbonyl (C=O) groups excluding carboxylic acids is 2. The van der Waals surface area contributed by atoms with Crippen LogP contribution in [0.2, 0.25) is 0 Å². The lowest BCUT2D eigenvalue weighted by molar-refractivity contribution is -0.222. The number of methoxy groups -OCH3 is 1. The molecule has 0 spiro atoms. The molecule has 1 aromatic rings. The molecule has 1 heterocycles. The van der Waals surface area contributed by atoms with Crippen molar-refractivity contribution >= 4 is 27.7 Å². The Bertz CT molecular complexity index is 679. The smallest absolute Gasteiger partial charge is 0.379 e. The standard InChI is InChI=1S/C17H17BrO5/c1-22-16(20)17(21)9-12(10-5-7-11(18)8-6-10)15-13(19)3-2-4-14(15)23-17/h5-8,12,21H,2-4,9H2,1H3/t12-,17?/m1/s1. The number of esters is 1. The average Bonchev–Trinajstić information content (AvgIpc) is 2.54. The molecule has 23 heavy (non-hydrogen) atoms. The largest absolute Gasteiger partial charge is 0.464 e. The highest BCUT2D eigenvalue weighted by molar-refractivity contribution is 9.10. The minimum absolute atomic E-state index is 0.0195. The van der Waals surface area contributed by atoms with Crippen LogP contribution in [0.25, 0.3) is 0 Å². The lowest BCUT2D eigenvalue weighted by atomic mass is 9.77. The van der Waals surface area contributed by atoms with Crippen molar-refractivity contribution in [3.8, 4) is 0 Å². The summed E-state index contributed by atoms with van der Waals surface area (Å²) >= 11 is 3.38. The summed E-state index contributed by atoms with van der Waals surface area (Å²) in [7, 11) is 1.20. The lowest BCUT2D eigenvalue weighted by Gasteiger charge is -2.39. The Labute approximate surface area is 142 Å². The van der Waals surface area contributed by atoms with E-state index in [4.69, 9.17) is 4.74 Å². The summed E-state index contributed by atoms with van der Waals surface area (Å²) in [6, 6.07) is 7.50. The molecule has 1 aliphatic heterocycles. The van der Waals surface area contributed by atoms with Crippen LogP contribution in [0.5, 0.6) is 0 Å². The molecule has 0 radical (unpaired) electrons. The number of allylic oxidation sites excluding steroid dienone is 2. The Morgan fingerprint density at radius 1 is 1.35 bits per heavy atom. The lowest BCUT2D eigenvalue weighted by Crippen LogP contribution is -2.47. The van der Waals surface area contributed by atoms with Crippen molar-refractivity contribution in [1.29, 1.82) is 0 Å². The maximum atomic E-state index is 12.4. The molecule has 0 saturated heterocycles. The molecule has 6 heteroatoms. The molecule has 122 valence electrons. The maximum Gasteiger partial charge on any atom is 0.379 e. The number of ether oxygens (including phenoxy) is 2. The van der Waals surface area contributed by atoms with Gasteiger partial charge in [0.15, 0.2) is 5.78 Å². The fraction of sp³-hybridized carbons (Fsp3) is 0.412. The summed E-state index contributed by atoms with van der Waals surface area (Å²) in [4.78, 5) is 24.3. The van der Waals surface area contributed by atoms with Crippen LogP contribution in [-0.2, 0) is 19.1 Å². The number of aliphatic hydroxyl groups is 1. The SMILES string of the molecule is COC(=O)C1(O)C[C@H](c2ccc(Br)cc2)C2=C(CCCC2=O)O1. The fourth-order valence-corrected chi connectivity index (χ4v) is 3.48. The molecule has 1 aromatic carbocycles. The molecule has 2 aliphatic rings. The number of hydrogen-bond acceptors (Lipinski definition) is 5. The van der Waals surface area contributed by atoms with Crippen molar-refractivity contribution < 1.29 is 24.2 Å². The second kappa shape index (κ2) is 6.09. The Morgan fingerprint density at radius 2 is 2.04 bits per heavy atom. The summed E-state index contributed by atoms with van der Waals surface area (Å²) in [6.07, 6.45) is 1.62. The highest BCUT2D eigenvalue weighted by Gasteiger charge is 2.50. The van der Waals surface area contributed by atoms with E-state index in [0.717, 1.165) is 10.0 Å². The van der Waals surface area contributed by atoms with Crippen molar-refractivity contribution in [3.05, 3.63) is 45.6 Å². The molecule has 0 bridgehead atoms. The molecule has 1 unspecified atom stereocenters. The Kier molecular flexibility index (Phi) is 4.29. The fourth-order valence-electron chi connectivity index (χ4n) is 3.22. The van der Waals surface area contributed by atoms with Gasteiger partial charge in [-0.25, -0.2) is 4.79 Å². The summed E-state index contributed by atoms with van der Waals surface area (Å²) in [5.41, 5.74) is 1.44. The highest BCUT2D eigenvalue weighted by atomic mass is 79.9. The van der Waals surface area contributed by atoms with Gasteiger partial charge in [0.25, 0.3) is 0 Å². The predicted molar refractivity (Wildman–Crippen MR) is 85.4 cm³/mol. The molecule has 3 rings (SSSR count). The predicted octanol–water partition coefficient (Wildman–Crippen LogP) is 2.82. The molecule has 5 nitrogen and oxygen atoms in total. The number of Topliss-reactive ketones (excluding diaryl/α,β-unsaturated/α-hetero) is 1. The molecule has 0 aromatic heterocycles. The number of hydrogen-bond donors (Lipinski definition) is 1. The van der Waals surface area contributed by atoms with Gasteiger partial charge in [0.2, 0.25) is 0 Å². The van der Waals surface area contributed by atoms with Crippen molar-refractivity contribution in [2.45, 2.75) is 37.4 Å². The van der Waals surface area contributed by atoms with Crippen LogP contribution in [-0.4, -0.2) is 29.8 Å². The third-order valence-corrected chi connectivity index (χ3v) is 4.84. The molecule has 0 amide bonds. The monoisotopic (exact) mass is 380 g/mol. The van der Waals surface area contributed by atoms with Crippen LogP contribution in [0.4, 0.5) is 0 Å². The van der Waals surface area contributed by atoms with E-state index in [-0.39, 0.29) is 18.1 Å². The van der Waals surface area contributed by atoms with E-state index in [2.05, 4.69) is 20.7 Å². The quantitative estimate of drug-likeness (QED) is 0.798. The van der Waals surface area contributed by atoms with E-state index < -0.39 is 11.8 Å². The Hall–Kier alpha value is -1.66. The van der Waals surface area contributed by atoms with E-state index in [0.29, 0.717) is 30.6 Å². The zero-order valence-electron chi connectivity index (χ0n) is 12.7. The first kappa shape index (κ1) is 16.2. The molecule has 0 saturated carbocycles. The molecule has 1 N–H and O–H groups in total. The topological polar surface area (TPSA) is 72.8 Å². The van der Waals surface area contributed by atoms with E-state index in [1.807, 2.05) is 24.3 Å². The summed E-state index contributed by atoms with van der Waals surface area (Å²) < 4.78 is 11.1. The van der Waals surface area contributed by atoms with Gasteiger partial charge in [-0.3, -0.25) is 4.79 Å². The number of benzene rings is 1. The molecular weight excluding hydrogens is 364 g/mol. The minimum Gasteiger partial charge on any atom is -0.464 e. The van der Waals surface area contributed by atoms with Crippen LogP contribution < -0.4 is 0 Å². The summed E-state index contributed by atoms with van der Waals surface area (Å²) in [5.74, 6) is -2.85. The second-order valence-electron chi connectivity index (χ2n) is 5.80. The highest BCUT2D eigenvalue weighted by Crippen LogP contribution is 2.45. The van der Waals surface area contributed by atoms with Crippen LogP contribution >= 0.6 is 15.9 Å². The van der Waals surface area contributed by atoms with Crippen molar-refractivity contribution in [2.75, 3.05) is 7.11 Å². The normalized spacial score (nSPS) is 27.3. The number of ketones is 1. The first-order valence-corrected chi connectivity index (χ1v) is 8.25. The van der Waals surface area contributed by atoms with Gasteiger partial charge >= 0.3 is 11.8 Å². The zero-order valence-corrected chi connectivity index (χ0v) is 14.3. The van der Waals surface area contributed by atoms with Crippen LogP contribution in [0, 0.1) is 0 Å². The van der Waals surface area contributed by atoms with Gasteiger partial charge in [-0.15, -0.1) is 0 Å². The van der Waals surface area contributed by atoms with Gasteiger partial charge in [0.1, 0.15) is 5.76 Å². The molecular formula is C17H17BrO5. The summed E-state index contributed by atoms with van der Waals surface area (Å²) in [6.45, 7) is 0. The summed E-state index contributed by atoms with van der Waals surface area (Å²) in [5, 5.41) is 10.6. The van der Waals surface area contributed by atoms with Gasteiger partial charge in [-0.2, -0.15) is 0 Å². The third-order valence-electron chi connectivity index (χ3n) is 4.31. The number of halogens is 1. The van der Waals surface area contributed by atoms with Gasteiger partial charge in [-0.1, -0.05) is 28.1 Å². The first-order chi connectivity index (χ1) is 10.9. The Balaban J connectivity index is 2.08. The van der Waals surface area contributed by atoms with E-state index >= 15 is 0 Å². The first-order valence-electron chi connectivity index (χ1n) is 7.46. The molecule has 0 fully saturated rings. The third kappa shape index (κ3) is 2.93. The minimum atomic E-state index is -2.05. The van der Waals surface area contributed by atoms with Crippen LogP contribution in [0.3, 0.4) is 0 Å². The second-order valence-corrected chi connectivity index (χ2v) is 6.72. The van der Waals surface area contributed by atoms with E-state index in [1.54, 1.807) is 0 Å². The average molecular weight is 381 g/mol. The number of rotatable bonds is 2.